The van der Waals surface area contributed by atoms with Gasteiger partial charge < -0.3 is 17.2 Å². The summed E-state index contributed by atoms with van der Waals surface area (Å²) in [6, 6.07) is 0.233. The number of rotatable bonds is 6. The second-order valence-electron chi connectivity index (χ2n) is 4.24. The minimum Gasteiger partial charge on any atom is -0.330 e. The average Bonchev–Trinajstić information content (AvgIpc) is 1.84. The van der Waals surface area contributed by atoms with Gasteiger partial charge in [0.1, 0.15) is 0 Å². The Bertz CT molecular complexity index is 107. The number of unbranched alkanes of at least 4 members (excludes halogenated alkanes) is 1. The molecule has 74 valence electrons. The molecule has 0 aliphatic carbocycles. The van der Waals surface area contributed by atoms with Crippen molar-refractivity contribution in [2.24, 2.45) is 17.2 Å². The minimum atomic E-state index is -0.137. The van der Waals surface area contributed by atoms with Crippen molar-refractivity contribution in [2.75, 3.05) is 6.54 Å². The molecule has 6 N–H and O–H groups in total. The van der Waals surface area contributed by atoms with Gasteiger partial charge in [0.25, 0.3) is 0 Å². The maximum absolute atomic E-state index is 5.88. The Balaban J connectivity index is 3.40. The molecule has 0 amide bonds. The van der Waals surface area contributed by atoms with E-state index in [4.69, 9.17) is 17.2 Å². The molecule has 12 heavy (non-hydrogen) atoms. The zero-order valence-corrected chi connectivity index (χ0v) is 8.34. The third kappa shape index (κ3) is 7.98. The lowest BCUT2D eigenvalue weighted by Crippen LogP contribution is -2.39. The quantitative estimate of drug-likeness (QED) is 0.514. The third-order valence-electron chi connectivity index (χ3n) is 1.82. The largest absolute Gasteiger partial charge is 0.330 e. The highest BCUT2D eigenvalue weighted by Gasteiger charge is 2.15. The summed E-state index contributed by atoms with van der Waals surface area (Å²) in [5.41, 5.74) is 17.0. The van der Waals surface area contributed by atoms with Crippen LogP contribution < -0.4 is 17.2 Å². The van der Waals surface area contributed by atoms with Crippen LogP contribution in [0.3, 0.4) is 0 Å². The van der Waals surface area contributed by atoms with Crippen molar-refractivity contribution in [1.82, 2.24) is 0 Å². The Morgan fingerprint density at radius 3 is 2.25 bits per heavy atom. The summed E-state index contributed by atoms with van der Waals surface area (Å²) < 4.78 is 0. The van der Waals surface area contributed by atoms with Gasteiger partial charge in [-0.1, -0.05) is 6.42 Å². The van der Waals surface area contributed by atoms with Gasteiger partial charge in [-0.25, -0.2) is 0 Å². The molecule has 1 atom stereocenters. The Morgan fingerprint density at radius 2 is 1.83 bits per heavy atom. The van der Waals surface area contributed by atoms with Crippen molar-refractivity contribution in [3.8, 4) is 0 Å². The van der Waals surface area contributed by atoms with E-state index in [-0.39, 0.29) is 11.6 Å². The first-order valence-electron chi connectivity index (χ1n) is 4.70. The van der Waals surface area contributed by atoms with E-state index in [0.29, 0.717) is 0 Å². The smallest absolute Gasteiger partial charge is 0.0112 e. The molecule has 0 saturated heterocycles. The van der Waals surface area contributed by atoms with Gasteiger partial charge in [-0.05, 0) is 39.7 Å². The van der Waals surface area contributed by atoms with Crippen molar-refractivity contribution >= 4 is 0 Å². The molecule has 1 unspecified atom stereocenters. The van der Waals surface area contributed by atoms with Crippen LogP contribution in [0.1, 0.15) is 39.5 Å². The molecular formula is C9H23N3. The van der Waals surface area contributed by atoms with E-state index < -0.39 is 0 Å². The number of hydrogen-bond donors (Lipinski definition) is 3. The fraction of sp³-hybridized carbons (Fsp3) is 1.00. The lowest BCUT2D eigenvalue weighted by molar-refractivity contribution is 0.401. The molecule has 0 aliphatic rings. The number of nitrogens with two attached hydrogens (primary N) is 3. The topological polar surface area (TPSA) is 78.1 Å². The number of hydrogen-bond acceptors (Lipinski definition) is 3. The molecule has 3 heteroatoms. The van der Waals surface area contributed by atoms with Gasteiger partial charge in [0.15, 0.2) is 0 Å². The molecule has 0 fully saturated rings. The molecule has 0 bridgehead atoms. The molecule has 0 rings (SSSR count). The molecule has 0 aromatic carbocycles. The van der Waals surface area contributed by atoms with Crippen LogP contribution >= 0.6 is 0 Å². The normalized spacial score (nSPS) is 14.8. The van der Waals surface area contributed by atoms with Crippen LogP contribution in [0, 0.1) is 0 Å². The molecule has 0 radical (unpaired) electrons. The first kappa shape index (κ1) is 11.9. The minimum absolute atomic E-state index is 0.137. The predicted octanol–water partition coefficient (Wildman–Crippen LogP) is 0.570. The fourth-order valence-electron chi connectivity index (χ4n) is 1.33. The van der Waals surface area contributed by atoms with Gasteiger partial charge in [0.2, 0.25) is 0 Å². The van der Waals surface area contributed by atoms with E-state index in [1.165, 1.54) is 0 Å². The van der Waals surface area contributed by atoms with Gasteiger partial charge in [-0.15, -0.1) is 0 Å². The molecule has 0 aromatic rings. The van der Waals surface area contributed by atoms with Gasteiger partial charge in [-0.2, -0.15) is 0 Å². The second kappa shape index (κ2) is 5.51. The molecule has 0 heterocycles. The van der Waals surface area contributed by atoms with Gasteiger partial charge in [0.05, 0.1) is 0 Å². The van der Waals surface area contributed by atoms with Crippen molar-refractivity contribution in [3.05, 3.63) is 0 Å². The van der Waals surface area contributed by atoms with E-state index in [1.807, 2.05) is 13.8 Å². The van der Waals surface area contributed by atoms with Gasteiger partial charge >= 0.3 is 0 Å². The Hall–Kier alpha value is -0.120. The van der Waals surface area contributed by atoms with E-state index in [1.54, 1.807) is 0 Å². The van der Waals surface area contributed by atoms with Gasteiger partial charge in [-0.3, -0.25) is 0 Å². The molecule has 3 nitrogen and oxygen atoms in total. The Labute approximate surface area is 75.7 Å². The second-order valence-corrected chi connectivity index (χ2v) is 4.24. The first-order valence-corrected chi connectivity index (χ1v) is 4.70. The highest BCUT2D eigenvalue weighted by molar-refractivity contribution is 4.78. The zero-order chi connectivity index (χ0) is 9.61. The van der Waals surface area contributed by atoms with Crippen LogP contribution in [-0.4, -0.2) is 18.1 Å². The molecule has 0 aliphatic heterocycles. The summed E-state index contributed by atoms with van der Waals surface area (Å²) in [6.07, 6.45) is 4.11. The van der Waals surface area contributed by atoms with E-state index in [2.05, 4.69) is 0 Å². The van der Waals surface area contributed by atoms with Crippen LogP contribution in [0.4, 0.5) is 0 Å². The SMILES string of the molecule is CC(C)(N)CC(N)CCCCN. The third-order valence-corrected chi connectivity index (χ3v) is 1.82. The molecule has 0 aromatic heterocycles. The van der Waals surface area contributed by atoms with Crippen molar-refractivity contribution in [2.45, 2.75) is 51.1 Å². The summed E-state index contributed by atoms with van der Waals surface area (Å²) in [6.45, 7) is 4.78. The van der Waals surface area contributed by atoms with Crippen LogP contribution in [-0.2, 0) is 0 Å². The lowest BCUT2D eigenvalue weighted by atomic mass is 9.94. The van der Waals surface area contributed by atoms with Crippen LogP contribution in [0.15, 0.2) is 0 Å². The monoisotopic (exact) mass is 173 g/mol. The zero-order valence-electron chi connectivity index (χ0n) is 8.34. The van der Waals surface area contributed by atoms with Crippen molar-refractivity contribution < 1.29 is 0 Å². The highest BCUT2D eigenvalue weighted by Crippen LogP contribution is 2.10. The Morgan fingerprint density at radius 1 is 1.25 bits per heavy atom. The van der Waals surface area contributed by atoms with E-state index in [9.17, 15) is 0 Å². The van der Waals surface area contributed by atoms with E-state index in [0.717, 1.165) is 32.2 Å². The summed E-state index contributed by atoms with van der Waals surface area (Å²) in [5, 5.41) is 0. The molecular weight excluding hydrogens is 150 g/mol. The maximum Gasteiger partial charge on any atom is 0.0112 e. The summed E-state index contributed by atoms with van der Waals surface area (Å²) in [5.74, 6) is 0. The lowest BCUT2D eigenvalue weighted by Gasteiger charge is -2.22. The van der Waals surface area contributed by atoms with Crippen molar-refractivity contribution in [3.63, 3.8) is 0 Å². The molecule has 0 saturated carbocycles. The van der Waals surface area contributed by atoms with Gasteiger partial charge in [0, 0.05) is 11.6 Å². The van der Waals surface area contributed by atoms with Crippen LogP contribution in [0.25, 0.3) is 0 Å². The summed E-state index contributed by atoms with van der Waals surface area (Å²) in [7, 11) is 0. The maximum atomic E-state index is 5.88. The highest BCUT2D eigenvalue weighted by atomic mass is 14.7. The van der Waals surface area contributed by atoms with Crippen LogP contribution in [0.5, 0.6) is 0 Å². The summed E-state index contributed by atoms with van der Waals surface area (Å²) >= 11 is 0. The predicted molar refractivity (Wildman–Crippen MR) is 53.8 cm³/mol. The fourth-order valence-corrected chi connectivity index (χ4v) is 1.33. The molecule has 0 spiro atoms. The van der Waals surface area contributed by atoms with Crippen LogP contribution in [0.2, 0.25) is 0 Å². The van der Waals surface area contributed by atoms with Crippen molar-refractivity contribution in [1.29, 1.82) is 0 Å². The first-order chi connectivity index (χ1) is 5.45. The summed E-state index contributed by atoms with van der Waals surface area (Å²) in [4.78, 5) is 0. The van der Waals surface area contributed by atoms with E-state index >= 15 is 0 Å². The standard InChI is InChI=1S/C9H23N3/c1-9(2,12)7-8(11)5-3-4-6-10/h8H,3-7,10-12H2,1-2H3. The average molecular weight is 173 g/mol. The Kier molecular flexibility index (Phi) is 5.46.